The standard InChI is InChI=1S/C18H12F5NO/c1-3-10-7-13(25)14-8(2)15(21)16(22)17(23)18(14)24(10)12-5-4-9(19)6-11(12)20/h4-7H,3H2,1-2H3. The van der Waals surface area contributed by atoms with Crippen molar-refractivity contribution in [1.29, 1.82) is 0 Å². The van der Waals surface area contributed by atoms with E-state index in [2.05, 4.69) is 0 Å². The summed E-state index contributed by atoms with van der Waals surface area (Å²) in [4.78, 5) is 12.3. The SMILES string of the molecule is CCc1cc(=O)c2c(C)c(F)c(F)c(F)c2n1-c1ccc(F)cc1F. The van der Waals surface area contributed by atoms with Gasteiger partial charge in [-0.2, -0.15) is 0 Å². The van der Waals surface area contributed by atoms with Gasteiger partial charge in [0.25, 0.3) is 0 Å². The van der Waals surface area contributed by atoms with Crippen LogP contribution in [0.5, 0.6) is 0 Å². The summed E-state index contributed by atoms with van der Waals surface area (Å²) in [5.41, 5.74) is -1.76. The van der Waals surface area contributed by atoms with Gasteiger partial charge in [-0.3, -0.25) is 4.79 Å². The number of nitrogens with zero attached hydrogens (tertiary/aromatic N) is 1. The van der Waals surface area contributed by atoms with Gasteiger partial charge in [0.15, 0.2) is 22.9 Å². The second-order valence-corrected chi connectivity index (χ2v) is 5.58. The molecule has 2 aromatic carbocycles. The topological polar surface area (TPSA) is 22.0 Å². The van der Waals surface area contributed by atoms with Crippen LogP contribution in [0, 0.1) is 36.0 Å². The van der Waals surface area contributed by atoms with Crippen LogP contribution in [-0.2, 0) is 6.42 Å². The first-order valence-corrected chi connectivity index (χ1v) is 7.45. The van der Waals surface area contributed by atoms with Crippen LogP contribution < -0.4 is 5.43 Å². The molecule has 0 radical (unpaired) electrons. The van der Waals surface area contributed by atoms with Crippen LogP contribution in [0.25, 0.3) is 16.6 Å². The molecule has 0 fully saturated rings. The van der Waals surface area contributed by atoms with Gasteiger partial charge in [-0.05, 0) is 25.5 Å². The van der Waals surface area contributed by atoms with Crippen molar-refractivity contribution >= 4 is 10.9 Å². The fourth-order valence-electron chi connectivity index (χ4n) is 2.90. The van der Waals surface area contributed by atoms with Crippen LogP contribution in [0.3, 0.4) is 0 Å². The third kappa shape index (κ3) is 2.50. The molecule has 1 aromatic heterocycles. The Balaban J connectivity index is 2.62. The average Bonchev–Trinajstić information content (AvgIpc) is 2.57. The fourth-order valence-corrected chi connectivity index (χ4v) is 2.90. The summed E-state index contributed by atoms with van der Waals surface area (Å²) in [6.07, 6.45) is 0.180. The highest BCUT2D eigenvalue weighted by Gasteiger charge is 2.24. The molecule has 3 aromatic rings. The summed E-state index contributed by atoms with van der Waals surface area (Å²) in [5.74, 6) is -6.71. The van der Waals surface area contributed by atoms with Crippen LogP contribution in [0.1, 0.15) is 18.2 Å². The van der Waals surface area contributed by atoms with Gasteiger partial charge < -0.3 is 4.57 Å². The Morgan fingerprint density at radius 2 is 1.64 bits per heavy atom. The molecule has 25 heavy (non-hydrogen) atoms. The van der Waals surface area contributed by atoms with E-state index >= 15 is 0 Å². The van der Waals surface area contributed by atoms with Crippen molar-refractivity contribution in [3.05, 3.63) is 74.8 Å². The second kappa shape index (κ2) is 5.98. The summed E-state index contributed by atoms with van der Waals surface area (Å²) in [5, 5.41) is -0.391. The lowest BCUT2D eigenvalue weighted by molar-refractivity contribution is 0.448. The van der Waals surface area contributed by atoms with Crippen molar-refractivity contribution in [2.75, 3.05) is 0 Å². The third-order valence-corrected chi connectivity index (χ3v) is 4.10. The zero-order valence-corrected chi connectivity index (χ0v) is 13.3. The molecule has 2 nitrogen and oxygen atoms in total. The number of pyridine rings is 1. The minimum atomic E-state index is -1.76. The molecule has 0 aliphatic carbocycles. The molecule has 1 heterocycles. The monoisotopic (exact) mass is 353 g/mol. The molecule has 0 N–H and O–H groups in total. The summed E-state index contributed by atoms with van der Waals surface area (Å²) in [7, 11) is 0. The first-order valence-electron chi connectivity index (χ1n) is 7.45. The maximum Gasteiger partial charge on any atom is 0.196 e. The van der Waals surface area contributed by atoms with E-state index in [-0.39, 0.29) is 23.4 Å². The molecule has 0 aliphatic rings. The molecule has 130 valence electrons. The Morgan fingerprint density at radius 1 is 0.960 bits per heavy atom. The number of fused-ring (bicyclic) bond motifs is 1. The quantitative estimate of drug-likeness (QED) is 0.489. The van der Waals surface area contributed by atoms with Gasteiger partial charge in [-0.15, -0.1) is 0 Å². The smallest absolute Gasteiger partial charge is 0.196 e. The van der Waals surface area contributed by atoms with Crippen molar-refractivity contribution < 1.29 is 22.0 Å². The van der Waals surface area contributed by atoms with E-state index < -0.39 is 45.4 Å². The molecule has 0 unspecified atom stereocenters. The number of halogens is 5. The highest BCUT2D eigenvalue weighted by atomic mass is 19.2. The van der Waals surface area contributed by atoms with Crippen molar-refractivity contribution in [1.82, 2.24) is 4.57 Å². The Kier molecular flexibility index (Phi) is 4.10. The molecule has 3 rings (SSSR count). The Labute approximate surface area is 139 Å². The van der Waals surface area contributed by atoms with E-state index in [1.807, 2.05) is 0 Å². The molecular formula is C18H12F5NO. The van der Waals surface area contributed by atoms with Crippen molar-refractivity contribution in [2.45, 2.75) is 20.3 Å². The van der Waals surface area contributed by atoms with E-state index in [9.17, 15) is 26.7 Å². The van der Waals surface area contributed by atoms with Gasteiger partial charge in [0.1, 0.15) is 11.6 Å². The molecule has 0 bridgehead atoms. The zero-order valence-electron chi connectivity index (χ0n) is 13.3. The molecule has 0 saturated heterocycles. The Morgan fingerprint density at radius 3 is 2.24 bits per heavy atom. The second-order valence-electron chi connectivity index (χ2n) is 5.58. The molecular weight excluding hydrogens is 341 g/mol. The summed E-state index contributed by atoms with van der Waals surface area (Å²) in [6, 6.07) is 3.69. The van der Waals surface area contributed by atoms with Gasteiger partial charge in [0.05, 0.1) is 16.6 Å². The molecule has 0 amide bonds. The normalized spacial score (nSPS) is 11.3. The third-order valence-electron chi connectivity index (χ3n) is 4.10. The highest BCUT2D eigenvalue weighted by Crippen LogP contribution is 2.29. The van der Waals surface area contributed by atoms with E-state index in [4.69, 9.17) is 0 Å². The Hall–Kier alpha value is -2.70. The zero-order chi connectivity index (χ0) is 18.5. The minimum Gasteiger partial charge on any atom is -0.308 e. The lowest BCUT2D eigenvalue weighted by Crippen LogP contribution is -2.17. The average molecular weight is 353 g/mol. The summed E-state index contributed by atoms with van der Waals surface area (Å²) in [6.45, 7) is 2.77. The first-order chi connectivity index (χ1) is 11.8. The Bertz CT molecular complexity index is 1070. The van der Waals surface area contributed by atoms with E-state index in [1.165, 1.54) is 0 Å². The maximum atomic E-state index is 14.5. The van der Waals surface area contributed by atoms with Crippen LogP contribution in [0.4, 0.5) is 22.0 Å². The predicted molar refractivity (Wildman–Crippen MR) is 83.5 cm³/mol. The van der Waals surface area contributed by atoms with Crippen molar-refractivity contribution in [2.24, 2.45) is 0 Å². The number of hydrogen-bond acceptors (Lipinski definition) is 1. The molecule has 7 heteroatoms. The van der Waals surface area contributed by atoms with Crippen LogP contribution >= 0.6 is 0 Å². The number of aromatic nitrogens is 1. The predicted octanol–water partition coefficient (Wildman–Crippen LogP) is 4.56. The number of aryl methyl sites for hydroxylation is 2. The van der Waals surface area contributed by atoms with Gasteiger partial charge >= 0.3 is 0 Å². The van der Waals surface area contributed by atoms with E-state index in [0.29, 0.717) is 6.07 Å². The van der Waals surface area contributed by atoms with Crippen molar-refractivity contribution in [3.8, 4) is 5.69 Å². The first kappa shape index (κ1) is 17.1. The molecule has 0 saturated carbocycles. The number of rotatable bonds is 2. The highest BCUT2D eigenvalue weighted by molar-refractivity contribution is 5.85. The van der Waals surface area contributed by atoms with Crippen LogP contribution in [-0.4, -0.2) is 4.57 Å². The van der Waals surface area contributed by atoms with Crippen molar-refractivity contribution in [3.63, 3.8) is 0 Å². The van der Waals surface area contributed by atoms with Gasteiger partial charge in [-0.25, -0.2) is 22.0 Å². The van der Waals surface area contributed by atoms with E-state index in [1.54, 1.807) is 6.92 Å². The molecule has 0 spiro atoms. The van der Waals surface area contributed by atoms with Gasteiger partial charge in [-0.1, -0.05) is 6.92 Å². The minimum absolute atomic E-state index is 0.173. The van der Waals surface area contributed by atoms with Crippen LogP contribution in [0.15, 0.2) is 29.1 Å². The van der Waals surface area contributed by atoms with Gasteiger partial charge in [0, 0.05) is 23.4 Å². The summed E-state index contributed by atoms with van der Waals surface area (Å²) < 4.78 is 70.8. The van der Waals surface area contributed by atoms with E-state index in [0.717, 1.165) is 29.7 Å². The van der Waals surface area contributed by atoms with Gasteiger partial charge in [0.2, 0.25) is 0 Å². The fraction of sp³-hybridized carbons (Fsp3) is 0.167. The largest absolute Gasteiger partial charge is 0.308 e. The molecule has 0 aliphatic heterocycles. The lowest BCUT2D eigenvalue weighted by atomic mass is 10.0. The van der Waals surface area contributed by atoms with Crippen LogP contribution in [0.2, 0.25) is 0 Å². The summed E-state index contributed by atoms with van der Waals surface area (Å²) >= 11 is 0. The number of benzene rings is 2. The molecule has 0 atom stereocenters. The maximum absolute atomic E-state index is 14.5. The number of hydrogen-bond donors (Lipinski definition) is 0. The lowest BCUT2D eigenvalue weighted by Gasteiger charge is -2.19.